The average molecular weight is 292 g/mol. The van der Waals surface area contributed by atoms with Crippen LogP contribution in [-0.2, 0) is 12.3 Å². The van der Waals surface area contributed by atoms with Gasteiger partial charge in [-0.1, -0.05) is 26.0 Å². The van der Waals surface area contributed by atoms with Crippen LogP contribution in [0.1, 0.15) is 42.8 Å². The second-order valence-electron chi connectivity index (χ2n) is 5.21. The number of ketones is 1. The molecule has 106 valence electrons. The summed E-state index contributed by atoms with van der Waals surface area (Å²) in [5.74, 6) is 2.37. The van der Waals surface area contributed by atoms with Gasteiger partial charge in [0.25, 0.3) is 0 Å². The molecule has 0 atom stereocenters. The molecule has 2 aromatic rings. The van der Waals surface area contributed by atoms with Gasteiger partial charge in [0.15, 0.2) is 11.6 Å². The number of carbonyl (C=O) groups is 1. The number of benzene rings is 1. The van der Waals surface area contributed by atoms with Crippen LogP contribution in [0.15, 0.2) is 24.3 Å². The topological polar surface area (TPSA) is 47.8 Å². The highest BCUT2D eigenvalue weighted by Gasteiger charge is 2.15. The van der Waals surface area contributed by atoms with Gasteiger partial charge < -0.3 is 0 Å². The highest BCUT2D eigenvalue weighted by atomic mass is 35.5. The maximum Gasteiger partial charge on any atom is 0.159 e. The average Bonchev–Trinajstić information content (AvgIpc) is 2.80. The summed E-state index contributed by atoms with van der Waals surface area (Å²) < 4.78 is 1.94. The van der Waals surface area contributed by atoms with Crippen LogP contribution in [0.25, 0.3) is 5.69 Å². The lowest BCUT2D eigenvalue weighted by Crippen LogP contribution is -2.08. The highest BCUT2D eigenvalue weighted by molar-refractivity contribution is 6.16. The molecule has 0 aliphatic heterocycles. The molecule has 0 aliphatic rings. The minimum Gasteiger partial charge on any atom is -0.295 e. The molecule has 0 radical (unpaired) electrons. The van der Waals surface area contributed by atoms with E-state index < -0.39 is 0 Å². The van der Waals surface area contributed by atoms with E-state index >= 15 is 0 Å². The number of halogens is 1. The third-order valence-electron chi connectivity index (χ3n) is 3.02. The zero-order chi connectivity index (χ0) is 14.7. The Morgan fingerprint density at radius 1 is 1.30 bits per heavy atom. The summed E-state index contributed by atoms with van der Waals surface area (Å²) in [6, 6.07) is 7.46. The van der Waals surface area contributed by atoms with Crippen molar-refractivity contribution < 1.29 is 4.79 Å². The van der Waals surface area contributed by atoms with Crippen molar-refractivity contribution in [2.24, 2.45) is 5.92 Å². The van der Waals surface area contributed by atoms with E-state index in [9.17, 15) is 4.79 Å². The standard InChI is InChI=1S/C15H18ClN3O/c1-10(2)7-14-17-18-15(9-16)19(14)13-6-4-5-12(8-13)11(3)20/h4-6,8,10H,7,9H2,1-3H3. The van der Waals surface area contributed by atoms with E-state index in [1.165, 1.54) is 0 Å². The molecule has 1 aromatic heterocycles. The van der Waals surface area contributed by atoms with E-state index in [4.69, 9.17) is 11.6 Å². The van der Waals surface area contributed by atoms with Gasteiger partial charge in [-0.3, -0.25) is 9.36 Å². The minimum atomic E-state index is 0.0396. The Morgan fingerprint density at radius 2 is 2.00 bits per heavy atom. The van der Waals surface area contributed by atoms with E-state index in [2.05, 4.69) is 24.0 Å². The number of Topliss-reactive ketones (excluding diaryl/α,β-unsaturated/α-hetero) is 1. The maximum atomic E-state index is 11.5. The molecule has 0 bridgehead atoms. The van der Waals surface area contributed by atoms with Crippen molar-refractivity contribution in [2.75, 3.05) is 0 Å². The molecular formula is C15H18ClN3O. The Balaban J connectivity index is 2.52. The number of alkyl halides is 1. The van der Waals surface area contributed by atoms with Crippen molar-refractivity contribution in [3.05, 3.63) is 41.5 Å². The molecule has 5 heteroatoms. The largest absolute Gasteiger partial charge is 0.295 e. The predicted octanol–water partition coefficient (Wildman–Crippen LogP) is 3.41. The zero-order valence-corrected chi connectivity index (χ0v) is 12.7. The Kier molecular flexibility index (Phi) is 4.55. The summed E-state index contributed by atoms with van der Waals surface area (Å²) in [6.45, 7) is 5.82. The van der Waals surface area contributed by atoms with E-state index in [0.717, 1.165) is 17.9 Å². The Labute approximate surface area is 123 Å². The normalized spacial score (nSPS) is 11.1. The van der Waals surface area contributed by atoms with Crippen LogP contribution in [0.2, 0.25) is 0 Å². The van der Waals surface area contributed by atoms with Gasteiger partial charge in [-0.15, -0.1) is 21.8 Å². The molecule has 0 unspecified atom stereocenters. The van der Waals surface area contributed by atoms with Gasteiger partial charge in [0.05, 0.1) is 5.88 Å². The maximum absolute atomic E-state index is 11.5. The second kappa shape index (κ2) is 6.18. The number of hydrogen-bond acceptors (Lipinski definition) is 3. The summed E-state index contributed by atoms with van der Waals surface area (Å²) in [7, 11) is 0. The number of aromatic nitrogens is 3. The SMILES string of the molecule is CC(=O)c1cccc(-n2c(CCl)nnc2CC(C)C)c1. The fourth-order valence-electron chi connectivity index (χ4n) is 2.10. The van der Waals surface area contributed by atoms with Crippen LogP contribution in [-0.4, -0.2) is 20.5 Å². The van der Waals surface area contributed by atoms with Crippen LogP contribution in [0.5, 0.6) is 0 Å². The van der Waals surface area contributed by atoms with Crippen LogP contribution >= 0.6 is 11.6 Å². The van der Waals surface area contributed by atoms with Gasteiger partial charge in [-0.25, -0.2) is 0 Å². The highest BCUT2D eigenvalue weighted by Crippen LogP contribution is 2.18. The van der Waals surface area contributed by atoms with Crippen molar-refractivity contribution in [1.29, 1.82) is 0 Å². The quantitative estimate of drug-likeness (QED) is 0.626. The fraction of sp³-hybridized carbons (Fsp3) is 0.400. The number of carbonyl (C=O) groups excluding carboxylic acids is 1. The van der Waals surface area contributed by atoms with Crippen molar-refractivity contribution in [3.8, 4) is 5.69 Å². The third-order valence-corrected chi connectivity index (χ3v) is 3.26. The smallest absolute Gasteiger partial charge is 0.159 e. The predicted molar refractivity (Wildman–Crippen MR) is 79.5 cm³/mol. The van der Waals surface area contributed by atoms with Gasteiger partial charge in [-0.05, 0) is 25.0 Å². The monoisotopic (exact) mass is 291 g/mol. The van der Waals surface area contributed by atoms with Crippen molar-refractivity contribution in [2.45, 2.75) is 33.1 Å². The number of rotatable bonds is 5. The lowest BCUT2D eigenvalue weighted by molar-refractivity contribution is 0.101. The molecule has 0 fully saturated rings. The summed E-state index contributed by atoms with van der Waals surface area (Å²) in [5, 5.41) is 8.36. The molecule has 0 N–H and O–H groups in total. The van der Waals surface area contributed by atoms with E-state index in [1.54, 1.807) is 13.0 Å². The van der Waals surface area contributed by atoms with Gasteiger partial charge in [0.2, 0.25) is 0 Å². The van der Waals surface area contributed by atoms with Gasteiger partial charge in [0, 0.05) is 17.7 Å². The Morgan fingerprint density at radius 3 is 2.60 bits per heavy atom. The number of nitrogens with zero attached hydrogens (tertiary/aromatic N) is 3. The first-order valence-electron chi connectivity index (χ1n) is 6.63. The molecule has 1 aromatic carbocycles. The second-order valence-corrected chi connectivity index (χ2v) is 5.47. The molecule has 20 heavy (non-hydrogen) atoms. The van der Waals surface area contributed by atoms with Crippen molar-refractivity contribution in [3.63, 3.8) is 0 Å². The first-order chi connectivity index (χ1) is 9.52. The fourth-order valence-corrected chi connectivity index (χ4v) is 2.27. The van der Waals surface area contributed by atoms with Crippen LogP contribution in [0.4, 0.5) is 0 Å². The van der Waals surface area contributed by atoms with Crippen LogP contribution in [0, 0.1) is 5.92 Å². The molecule has 1 heterocycles. The third kappa shape index (κ3) is 3.07. The first-order valence-corrected chi connectivity index (χ1v) is 7.17. The van der Waals surface area contributed by atoms with Gasteiger partial charge >= 0.3 is 0 Å². The lowest BCUT2D eigenvalue weighted by atomic mass is 10.1. The first kappa shape index (κ1) is 14.7. The summed E-state index contributed by atoms with van der Waals surface area (Å²) >= 11 is 5.94. The molecule has 2 rings (SSSR count). The molecule has 0 spiro atoms. The van der Waals surface area contributed by atoms with E-state index in [1.807, 2.05) is 22.8 Å². The van der Waals surface area contributed by atoms with E-state index in [-0.39, 0.29) is 11.7 Å². The lowest BCUT2D eigenvalue weighted by Gasteiger charge is -2.11. The molecule has 4 nitrogen and oxygen atoms in total. The van der Waals surface area contributed by atoms with Crippen LogP contribution in [0.3, 0.4) is 0 Å². The Bertz CT molecular complexity index is 619. The van der Waals surface area contributed by atoms with E-state index in [0.29, 0.717) is 17.3 Å². The Hall–Kier alpha value is -1.68. The van der Waals surface area contributed by atoms with Crippen molar-refractivity contribution >= 4 is 17.4 Å². The molecule has 0 amide bonds. The number of hydrogen-bond donors (Lipinski definition) is 0. The summed E-state index contributed by atoms with van der Waals surface area (Å²) in [4.78, 5) is 11.5. The van der Waals surface area contributed by atoms with Crippen LogP contribution < -0.4 is 0 Å². The van der Waals surface area contributed by atoms with Gasteiger partial charge in [-0.2, -0.15) is 0 Å². The summed E-state index contributed by atoms with van der Waals surface area (Å²) in [6.07, 6.45) is 0.814. The zero-order valence-electron chi connectivity index (χ0n) is 11.9. The minimum absolute atomic E-state index is 0.0396. The molecular weight excluding hydrogens is 274 g/mol. The molecule has 0 saturated carbocycles. The molecule has 0 aliphatic carbocycles. The molecule has 0 saturated heterocycles. The van der Waals surface area contributed by atoms with Gasteiger partial charge in [0.1, 0.15) is 5.82 Å². The summed E-state index contributed by atoms with van der Waals surface area (Å²) in [5.41, 5.74) is 1.56. The van der Waals surface area contributed by atoms with Crippen molar-refractivity contribution in [1.82, 2.24) is 14.8 Å².